The summed E-state index contributed by atoms with van der Waals surface area (Å²) in [5, 5.41) is 2.96. The van der Waals surface area contributed by atoms with Gasteiger partial charge in [-0.05, 0) is 19.4 Å². The van der Waals surface area contributed by atoms with Gasteiger partial charge < -0.3 is 15.8 Å². The van der Waals surface area contributed by atoms with Gasteiger partial charge in [0.1, 0.15) is 5.75 Å². The molecule has 3 N–H and O–H groups in total. The molecule has 1 amide bonds. The molecule has 1 aliphatic heterocycles. The third-order valence-electron chi connectivity index (χ3n) is 3.17. The number of carbonyl (C=O) groups is 1. The molecule has 0 aromatic heterocycles. The topological polar surface area (TPSA) is 64.3 Å². The normalized spacial score (nSPS) is 18.9. The van der Waals surface area contributed by atoms with Crippen LogP contribution in [-0.4, -0.2) is 23.5 Å². The van der Waals surface area contributed by atoms with E-state index in [9.17, 15) is 4.79 Å². The molecule has 2 rings (SSSR count). The van der Waals surface area contributed by atoms with E-state index >= 15 is 0 Å². The Bertz CT molecular complexity index is 490. The van der Waals surface area contributed by atoms with Gasteiger partial charge >= 0.3 is 0 Å². The van der Waals surface area contributed by atoms with Crippen molar-refractivity contribution in [1.82, 2.24) is 5.32 Å². The van der Waals surface area contributed by atoms with Crippen LogP contribution in [0.2, 0.25) is 0 Å². The molecule has 1 aromatic rings. The maximum Gasteiger partial charge on any atom is 0.228 e. The van der Waals surface area contributed by atoms with Gasteiger partial charge in [0.2, 0.25) is 5.91 Å². The molecule has 5 heteroatoms. The molecule has 2 atom stereocenters. The molecule has 0 saturated carbocycles. The molecule has 1 aliphatic rings. The predicted molar refractivity (Wildman–Crippen MR) is 78.3 cm³/mol. The lowest BCUT2D eigenvalue weighted by molar-refractivity contribution is -0.123. The van der Waals surface area contributed by atoms with Crippen LogP contribution in [0, 0.1) is 0 Å². The van der Waals surface area contributed by atoms with Crippen molar-refractivity contribution in [3.05, 3.63) is 29.8 Å². The Balaban J connectivity index is 2.06. The van der Waals surface area contributed by atoms with E-state index in [0.717, 1.165) is 11.3 Å². The summed E-state index contributed by atoms with van der Waals surface area (Å²) in [4.78, 5) is 12.7. The Morgan fingerprint density at radius 2 is 2.32 bits per heavy atom. The van der Waals surface area contributed by atoms with E-state index in [-0.39, 0.29) is 17.9 Å². The second-order valence-electron chi connectivity index (χ2n) is 4.81. The Labute approximate surface area is 118 Å². The molecule has 0 saturated heterocycles. The summed E-state index contributed by atoms with van der Waals surface area (Å²) in [5.41, 5.74) is 6.44. The summed E-state index contributed by atoms with van der Waals surface area (Å²) in [6, 6.07) is 7.63. The lowest BCUT2D eigenvalue weighted by atomic mass is 9.92. The molecule has 0 aliphatic carbocycles. The zero-order chi connectivity index (χ0) is 13.8. The number of carbonyl (C=O) groups excluding carboxylic acids is 1. The average molecular weight is 278 g/mol. The fourth-order valence-corrected chi connectivity index (χ4v) is 2.56. The summed E-state index contributed by atoms with van der Waals surface area (Å²) in [6.07, 6.45) is 1.22. The van der Waals surface area contributed by atoms with E-state index in [4.69, 9.17) is 22.7 Å². The van der Waals surface area contributed by atoms with Gasteiger partial charge in [-0.2, -0.15) is 0 Å². The van der Waals surface area contributed by atoms with Crippen LogP contribution in [0.15, 0.2) is 24.3 Å². The van der Waals surface area contributed by atoms with E-state index in [2.05, 4.69) is 5.32 Å². The van der Waals surface area contributed by atoms with Crippen molar-refractivity contribution in [2.45, 2.75) is 31.7 Å². The molecule has 1 aromatic carbocycles. The molecule has 0 spiro atoms. The molecule has 0 radical (unpaired) electrons. The van der Waals surface area contributed by atoms with Crippen molar-refractivity contribution in [3.63, 3.8) is 0 Å². The highest BCUT2D eigenvalue weighted by molar-refractivity contribution is 7.80. The number of ether oxygens (including phenoxy) is 1. The molecule has 1 heterocycles. The second kappa shape index (κ2) is 6.02. The lowest BCUT2D eigenvalue weighted by Crippen LogP contribution is -2.39. The number of nitrogens with one attached hydrogen (secondary N) is 1. The standard InChI is InChI=1S/C14H18N2O2S/c1-9(8-13(15)19)16-14(17)11-6-7-18-12-5-3-2-4-10(11)12/h2-5,9,11H,6-8H2,1H3,(H2,15,19)(H,16,17). The highest BCUT2D eigenvalue weighted by Crippen LogP contribution is 2.33. The molecule has 102 valence electrons. The lowest BCUT2D eigenvalue weighted by Gasteiger charge is -2.26. The molecular weight excluding hydrogens is 260 g/mol. The summed E-state index contributed by atoms with van der Waals surface area (Å²) in [7, 11) is 0. The van der Waals surface area contributed by atoms with Crippen LogP contribution in [0.5, 0.6) is 5.75 Å². The van der Waals surface area contributed by atoms with Crippen molar-refractivity contribution in [2.75, 3.05) is 6.61 Å². The second-order valence-corrected chi connectivity index (χ2v) is 5.33. The first kappa shape index (κ1) is 13.8. The predicted octanol–water partition coefficient (Wildman–Crippen LogP) is 1.73. The smallest absolute Gasteiger partial charge is 0.228 e. The number of amides is 1. The Kier molecular flexibility index (Phi) is 4.37. The van der Waals surface area contributed by atoms with E-state index in [1.165, 1.54) is 0 Å². The first-order chi connectivity index (χ1) is 9.08. The number of rotatable bonds is 4. The van der Waals surface area contributed by atoms with Crippen molar-refractivity contribution >= 4 is 23.1 Å². The van der Waals surface area contributed by atoms with Gasteiger partial charge in [-0.25, -0.2) is 0 Å². The van der Waals surface area contributed by atoms with Gasteiger partial charge in [-0.15, -0.1) is 0 Å². The molecule has 4 nitrogen and oxygen atoms in total. The van der Waals surface area contributed by atoms with Crippen LogP contribution in [0.1, 0.15) is 31.2 Å². The Hall–Kier alpha value is -1.62. The van der Waals surface area contributed by atoms with Crippen LogP contribution < -0.4 is 15.8 Å². The fraction of sp³-hybridized carbons (Fsp3) is 0.429. The molecular formula is C14H18N2O2S. The number of hydrogen-bond acceptors (Lipinski definition) is 3. The SMILES string of the molecule is CC(CC(N)=S)NC(=O)C1CCOc2ccccc21. The van der Waals surface area contributed by atoms with Gasteiger partial charge in [0.25, 0.3) is 0 Å². The first-order valence-corrected chi connectivity index (χ1v) is 6.79. The minimum Gasteiger partial charge on any atom is -0.493 e. The van der Waals surface area contributed by atoms with Crippen LogP contribution in [0.25, 0.3) is 0 Å². The average Bonchev–Trinajstić information content (AvgIpc) is 2.36. The zero-order valence-electron chi connectivity index (χ0n) is 10.9. The minimum absolute atomic E-state index is 0.0134. The summed E-state index contributed by atoms with van der Waals surface area (Å²) < 4.78 is 5.55. The summed E-state index contributed by atoms with van der Waals surface area (Å²) in [5.74, 6) is 0.661. The number of fused-ring (bicyclic) bond motifs is 1. The number of nitrogens with two attached hydrogens (primary N) is 1. The van der Waals surface area contributed by atoms with E-state index in [0.29, 0.717) is 24.4 Å². The molecule has 0 fully saturated rings. The van der Waals surface area contributed by atoms with Crippen LogP contribution in [0.4, 0.5) is 0 Å². The maximum absolute atomic E-state index is 12.3. The van der Waals surface area contributed by atoms with Gasteiger partial charge in [0.05, 0.1) is 17.5 Å². The van der Waals surface area contributed by atoms with Gasteiger partial charge in [-0.3, -0.25) is 4.79 Å². The fourth-order valence-electron chi connectivity index (χ4n) is 2.31. The van der Waals surface area contributed by atoms with E-state index in [1.807, 2.05) is 31.2 Å². The number of thiocarbonyl (C=S) groups is 1. The van der Waals surface area contributed by atoms with E-state index in [1.54, 1.807) is 0 Å². The van der Waals surface area contributed by atoms with Crippen LogP contribution in [0.3, 0.4) is 0 Å². The van der Waals surface area contributed by atoms with Crippen LogP contribution in [-0.2, 0) is 4.79 Å². The van der Waals surface area contributed by atoms with E-state index < -0.39 is 0 Å². The van der Waals surface area contributed by atoms with Crippen LogP contribution >= 0.6 is 12.2 Å². The largest absolute Gasteiger partial charge is 0.493 e. The van der Waals surface area contributed by atoms with Crippen molar-refractivity contribution in [2.24, 2.45) is 5.73 Å². The summed E-state index contributed by atoms with van der Waals surface area (Å²) in [6.45, 7) is 2.47. The summed E-state index contributed by atoms with van der Waals surface area (Å²) >= 11 is 4.85. The first-order valence-electron chi connectivity index (χ1n) is 6.38. The zero-order valence-corrected chi connectivity index (χ0v) is 11.7. The number of benzene rings is 1. The van der Waals surface area contributed by atoms with Gasteiger partial charge in [0, 0.05) is 18.0 Å². The Morgan fingerprint density at radius 1 is 1.58 bits per heavy atom. The number of hydrogen-bond donors (Lipinski definition) is 2. The highest BCUT2D eigenvalue weighted by Gasteiger charge is 2.28. The third-order valence-corrected chi connectivity index (χ3v) is 3.34. The third kappa shape index (κ3) is 3.44. The molecule has 19 heavy (non-hydrogen) atoms. The quantitative estimate of drug-likeness (QED) is 0.823. The van der Waals surface area contributed by atoms with Crippen molar-refractivity contribution < 1.29 is 9.53 Å². The van der Waals surface area contributed by atoms with Crippen molar-refractivity contribution in [3.8, 4) is 5.75 Å². The number of para-hydroxylation sites is 1. The van der Waals surface area contributed by atoms with Gasteiger partial charge in [-0.1, -0.05) is 30.4 Å². The highest BCUT2D eigenvalue weighted by atomic mass is 32.1. The Morgan fingerprint density at radius 3 is 3.05 bits per heavy atom. The monoisotopic (exact) mass is 278 g/mol. The van der Waals surface area contributed by atoms with Gasteiger partial charge in [0.15, 0.2) is 0 Å². The maximum atomic E-state index is 12.3. The molecule has 0 bridgehead atoms. The molecule has 2 unspecified atom stereocenters. The minimum atomic E-state index is -0.154. The van der Waals surface area contributed by atoms with Crippen molar-refractivity contribution in [1.29, 1.82) is 0 Å².